The van der Waals surface area contributed by atoms with E-state index in [1.165, 1.54) is 0 Å². The lowest BCUT2D eigenvalue weighted by atomic mass is 9.91. The molecular formula is C12H18O3. The van der Waals surface area contributed by atoms with Crippen molar-refractivity contribution in [2.75, 3.05) is 13.2 Å². The zero-order valence-electron chi connectivity index (χ0n) is 9.36. The van der Waals surface area contributed by atoms with Crippen molar-refractivity contribution in [1.29, 1.82) is 0 Å². The second-order valence-electron chi connectivity index (χ2n) is 4.21. The van der Waals surface area contributed by atoms with Crippen LogP contribution in [0, 0.1) is 0 Å². The van der Waals surface area contributed by atoms with Gasteiger partial charge in [0.1, 0.15) is 11.9 Å². The molecule has 3 nitrogen and oxygen atoms in total. The van der Waals surface area contributed by atoms with Crippen LogP contribution in [-0.4, -0.2) is 18.8 Å². The van der Waals surface area contributed by atoms with Gasteiger partial charge in [0.2, 0.25) is 0 Å². The zero-order chi connectivity index (χ0) is 10.7. The SMILES string of the molecule is CCOC1(C)CCOC(c2ccco2)C1. The van der Waals surface area contributed by atoms with Crippen molar-refractivity contribution in [3.63, 3.8) is 0 Å². The summed E-state index contributed by atoms with van der Waals surface area (Å²) in [7, 11) is 0. The highest BCUT2D eigenvalue weighted by molar-refractivity contribution is 5.05. The summed E-state index contributed by atoms with van der Waals surface area (Å²) in [6, 6.07) is 3.85. The maximum atomic E-state index is 5.78. The van der Waals surface area contributed by atoms with Gasteiger partial charge in [0, 0.05) is 13.0 Å². The minimum atomic E-state index is -0.0650. The molecular weight excluding hydrogens is 192 g/mol. The first-order chi connectivity index (χ1) is 7.23. The fourth-order valence-corrected chi connectivity index (χ4v) is 2.11. The molecule has 1 aliphatic heterocycles. The van der Waals surface area contributed by atoms with Gasteiger partial charge in [0.05, 0.1) is 18.5 Å². The highest BCUT2D eigenvalue weighted by Crippen LogP contribution is 2.36. The summed E-state index contributed by atoms with van der Waals surface area (Å²) in [6.45, 7) is 5.67. The van der Waals surface area contributed by atoms with Gasteiger partial charge in [-0.05, 0) is 32.4 Å². The van der Waals surface area contributed by atoms with Gasteiger partial charge in [0.15, 0.2) is 0 Å². The van der Waals surface area contributed by atoms with Crippen LogP contribution in [0.1, 0.15) is 38.6 Å². The van der Waals surface area contributed by atoms with E-state index in [9.17, 15) is 0 Å². The van der Waals surface area contributed by atoms with Crippen molar-refractivity contribution in [2.45, 2.75) is 38.4 Å². The second-order valence-corrected chi connectivity index (χ2v) is 4.21. The fraction of sp³-hybridized carbons (Fsp3) is 0.667. The maximum Gasteiger partial charge on any atom is 0.132 e. The molecule has 3 heteroatoms. The van der Waals surface area contributed by atoms with E-state index >= 15 is 0 Å². The molecule has 2 unspecified atom stereocenters. The summed E-state index contributed by atoms with van der Waals surface area (Å²) in [4.78, 5) is 0. The molecule has 0 aromatic carbocycles. The third kappa shape index (κ3) is 2.41. The molecule has 15 heavy (non-hydrogen) atoms. The van der Waals surface area contributed by atoms with E-state index in [0.29, 0.717) is 0 Å². The normalized spacial score (nSPS) is 31.7. The van der Waals surface area contributed by atoms with Gasteiger partial charge in [0.25, 0.3) is 0 Å². The van der Waals surface area contributed by atoms with E-state index in [-0.39, 0.29) is 11.7 Å². The average Bonchev–Trinajstić information content (AvgIpc) is 2.70. The van der Waals surface area contributed by atoms with Gasteiger partial charge < -0.3 is 13.9 Å². The predicted octanol–water partition coefficient (Wildman–Crippen LogP) is 2.93. The van der Waals surface area contributed by atoms with Crippen molar-refractivity contribution in [2.24, 2.45) is 0 Å². The first-order valence-corrected chi connectivity index (χ1v) is 5.52. The summed E-state index contributed by atoms with van der Waals surface area (Å²) >= 11 is 0. The minimum Gasteiger partial charge on any atom is -0.467 e. The molecule has 0 bridgehead atoms. The number of hydrogen-bond acceptors (Lipinski definition) is 3. The summed E-state index contributed by atoms with van der Waals surface area (Å²) in [5.74, 6) is 0.903. The topological polar surface area (TPSA) is 31.6 Å². The van der Waals surface area contributed by atoms with Crippen LogP contribution in [0.25, 0.3) is 0 Å². The van der Waals surface area contributed by atoms with Crippen molar-refractivity contribution in [3.05, 3.63) is 24.2 Å². The van der Waals surface area contributed by atoms with Crippen LogP contribution in [0.5, 0.6) is 0 Å². The summed E-state index contributed by atoms with van der Waals surface area (Å²) in [5.41, 5.74) is -0.0650. The Kier molecular flexibility index (Phi) is 3.12. The molecule has 0 spiro atoms. The lowest BCUT2D eigenvalue weighted by molar-refractivity contribution is -0.132. The summed E-state index contributed by atoms with van der Waals surface area (Å²) < 4.78 is 16.8. The van der Waals surface area contributed by atoms with Gasteiger partial charge in [-0.3, -0.25) is 0 Å². The van der Waals surface area contributed by atoms with Crippen LogP contribution in [0.4, 0.5) is 0 Å². The van der Waals surface area contributed by atoms with Crippen LogP contribution in [0.3, 0.4) is 0 Å². The predicted molar refractivity (Wildman–Crippen MR) is 56.7 cm³/mol. The van der Waals surface area contributed by atoms with Gasteiger partial charge in [-0.2, -0.15) is 0 Å². The van der Waals surface area contributed by atoms with E-state index in [1.807, 2.05) is 19.1 Å². The van der Waals surface area contributed by atoms with Crippen LogP contribution in [0.2, 0.25) is 0 Å². The van der Waals surface area contributed by atoms with Crippen molar-refractivity contribution >= 4 is 0 Å². The number of hydrogen-bond donors (Lipinski definition) is 0. The monoisotopic (exact) mass is 210 g/mol. The van der Waals surface area contributed by atoms with Crippen molar-refractivity contribution in [3.8, 4) is 0 Å². The van der Waals surface area contributed by atoms with Crippen LogP contribution in [-0.2, 0) is 9.47 Å². The first-order valence-electron chi connectivity index (χ1n) is 5.52. The van der Waals surface area contributed by atoms with E-state index in [2.05, 4.69) is 6.92 Å². The molecule has 1 aromatic heterocycles. The average molecular weight is 210 g/mol. The standard InChI is InChI=1S/C12H18O3/c1-3-15-12(2)6-8-14-11(9-12)10-5-4-7-13-10/h4-5,7,11H,3,6,8-9H2,1-2H3. The van der Waals surface area contributed by atoms with Gasteiger partial charge >= 0.3 is 0 Å². The molecule has 1 aromatic rings. The Bertz CT molecular complexity index is 290. The van der Waals surface area contributed by atoms with E-state index in [1.54, 1.807) is 6.26 Å². The fourth-order valence-electron chi connectivity index (χ4n) is 2.11. The molecule has 1 aliphatic rings. The van der Waals surface area contributed by atoms with Crippen LogP contribution >= 0.6 is 0 Å². The molecule has 1 saturated heterocycles. The third-order valence-electron chi connectivity index (χ3n) is 2.92. The van der Waals surface area contributed by atoms with Gasteiger partial charge in [-0.25, -0.2) is 0 Å². The zero-order valence-corrected chi connectivity index (χ0v) is 9.36. The van der Waals surface area contributed by atoms with E-state index in [0.717, 1.165) is 31.8 Å². The summed E-state index contributed by atoms with van der Waals surface area (Å²) in [5, 5.41) is 0. The second kappa shape index (κ2) is 4.37. The molecule has 84 valence electrons. The molecule has 2 atom stereocenters. The van der Waals surface area contributed by atoms with E-state index < -0.39 is 0 Å². The number of ether oxygens (including phenoxy) is 2. The van der Waals surface area contributed by atoms with Gasteiger partial charge in [-0.15, -0.1) is 0 Å². The van der Waals surface area contributed by atoms with Crippen LogP contribution < -0.4 is 0 Å². The Hall–Kier alpha value is -0.800. The molecule has 2 rings (SSSR count). The molecule has 1 fully saturated rings. The number of rotatable bonds is 3. The minimum absolute atomic E-state index is 0.0466. The lowest BCUT2D eigenvalue weighted by Crippen LogP contribution is -2.37. The number of furan rings is 1. The largest absolute Gasteiger partial charge is 0.467 e. The molecule has 0 N–H and O–H groups in total. The maximum absolute atomic E-state index is 5.78. The third-order valence-corrected chi connectivity index (χ3v) is 2.92. The van der Waals surface area contributed by atoms with Crippen LogP contribution in [0.15, 0.2) is 22.8 Å². The Labute approximate surface area is 90.4 Å². The highest BCUT2D eigenvalue weighted by Gasteiger charge is 2.35. The molecule has 2 heterocycles. The molecule has 0 radical (unpaired) electrons. The molecule has 0 saturated carbocycles. The first kappa shape index (κ1) is 10.7. The lowest BCUT2D eigenvalue weighted by Gasteiger charge is -2.37. The van der Waals surface area contributed by atoms with Gasteiger partial charge in [-0.1, -0.05) is 0 Å². The van der Waals surface area contributed by atoms with Crippen molar-refractivity contribution in [1.82, 2.24) is 0 Å². The van der Waals surface area contributed by atoms with E-state index in [4.69, 9.17) is 13.9 Å². The molecule has 0 aliphatic carbocycles. The summed E-state index contributed by atoms with van der Waals surface area (Å²) in [6.07, 6.45) is 3.56. The van der Waals surface area contributed by atoms with Crippen molar-refractivity contribution < 1.29 is 13.9 Å². The Morgan fingerprint density at radius 3 is 3.13 bits per heavy atom. The molecule has 0 amide bonds. The Morgan fingerprint density at radius 1 is 1.60 bits per heavy atom. The Morgan fingerprint density at radius 2 is 2.47 bits per heavy atom. The highest BCUT2D eigenvalue weighted by atomic mass is 16.5. The quantitative estimate of drug-likeness (QED) is 0.768. The smallest absolute Gasteiger partial charge is 0.132 e. The Balaban J connectivity index is 2.04.